The first kappa shape index (κ1) is 16.4. The lowest BCUT2D eigenvalue weighted by Gasteiger charge is -2.35. The van der Waals surface area contributed by atoms with E-state index >= 15 is 0 Å². The molecule has 0 aromatic heterocycles. The van der Waals surface area contributed by atoms with Gasteiger partial charge in [0.05, 0.1) is 10.7 Å². The van der Waals surface area contributed by atoms with Crippen molar-refractivity contribution in [3.63, 3.8) is 0 Å². The normalized spacial score (nSPS) is 22.1. The Morgan fingerprint density at radius 1 is 1.37 bits per heavy atom. The quantitative estimate of drug-likeness (QED) is 0.813. The molecule has 19 heavy (non-hydrogen) atoms. The number of carboxylic acid groups (broad SMARTS) is 1. The highest BCUT2D eigenvalue weighted by Crippen LogP contribution is 2.36. The third-order valence-electron chi connectivity index (χ3n) is 4.25. The van der Waals surface area contributed by atoms with Gasteiger partial charge in [-0.05, 0) is 39.5 Å². The molecule has 0 radical (unpaired) electrons. The molecule has 1 N–H and O–H groups in total. The molecule has 0 saturated carbocycles. The van der Waals surface area contributed by atoms with Crippen molar-refractivity contribution in [3.05, 3.63) is 0 Å². The molecule has 112 valence electrons. The molecule has 1 rings (SSSR count). The number of carboxylic acids is 1. The summed E-state index contributed by atoms with van der Waals surface area (Å²) in [7, 11) is -3.40. The van der Waals surface area contributed by atoms with Gasteiger partial charge in [-0.1, -0.05) is 13.8 Å². The van der Waals surface area contributed by atoms with Crippen LogP contribution in [0.5, 0.6) is 0 Å². The second-order valence-corrected chi connectivity index (χ2v) is 7.94. The first-order chi connectivity index (χ1) is 8.69. The molecule has 1 aliphatic heterocycles. The second kappa shape index (κ2) is 5.79. The second-order valence-electron chi connectivity index (χ2n) is 5.78. The molecule has 0 aromatic rings. The number of hydrogen-bond donors (Lipinski definition) is 1. The summed E-state index contributed by atoms with van der Waals surface area (Å²) in [5.41, 5.74) is -1.05. The van der Waals surface area contributed by atoms with Gasteiger partial charge in [0.25, 0.3) is 0 Å². The Balaban J connectivity index is 3.09. The summed E-state index contributed by atoms with van der Waals surface area (Å²) in [5.74, 6) is -0.941. The van der Waals surface area contributed by atoms with Gasteiger partial charge in [-0.2, -0.15) is 4.31 Å². The smallest absolute Gasteiger partial charge is 0.310 e. The standard InChI is InChI=1S/C13H25NO4S/c1-5-10(6-2)19(17,18)14-9-7-8-11(14)13(3,4)12(15)16/h10-11H,5-9H2,1-4H3,(H,15,16). The predicted octanol–water partition coefficient (Wildman–Crippen LogP) is 2.08. The van der Waals surface area contributed by atoms with E-state index in [0.29, 0.717) is 25.8 Å². The molecule has 1 aliphatic rings. The monoisotopic (exact) mass is 291 g/mol. The summed E-state index contributed by atoms with van der Waals surface area (Å²) >= 11 is 0. The Labute approximate surface area is 116 Å². The Morgan fingerprint density at radius 3 is 2.32 bits per heavy atom. The Hall–Kier alpha value is -0.620. The van der Waals surface area contributed by atoms with E-state index in [-0.39, 0.29) is 0 Å². The molecule has 0 aromatic carbocycles. The molecule has 1 heterocycles. The van der Waals surface area contributed by atoms with Gasteiger partial charge in [0.15, 0.2) is 0 Å². The highest BCUT2D eigenvalue weighted by molar-refractivity contribution is 7.89. The number of sulfonamides is 1. The van der Waals surface area contributed by atoms with Crippen molar-refractivity contribution in [1.82, 2.24) is 4.31 Å². The van der Waals surface area contributed by atoms with Gasteiger partial charge in [0.2, 0.25) is 10.0 Å². The molecular formula is C13H25NO4S. The zero-order valence-electron chi connectivity index (χ0n) is 12.2. The largest absolute Gasteiger partial charge is 0.481 e. The number of rotatable bonds is 6. The summed E-state index contributed by atoms with van der Waals surface area (Å²) < 4.78 is 26.7. The molecule has 0 aliphatic carbocycles. The highest BCUT2D eigenvalue weighted by Gasteiger charge is 2.48. The van der Waals surface area contributed by atoms with Gasteiger partial charge in [-0.3, -0.25) is 4.79 Å². The molecule has 0 spiro atoms. The third kappa shape index (κ3) is 2.94. The topological polar surface area (TPSA) is 74.7 Å². The lowest BCUT2D eigenvalue weighted by atomic mass is 9.84. The fourth-order valence-electron chi connectivity index (χ4n) is 2.81. The lowest BCUT2D eigenvalue weighted by molar-refractivity contribution is -0.149. The number of carbonyl (C=O) groups is 1. The van der Waals surface area contributed by atoms with Crippen molar-refractivity contribution >= 4 is 16.0 Å². The zero-order chi connectivity index (χ0) is 14.8. The molecule has 1 unspecified atom stereocenters. The minimum atomic E-state index is -3.40. The van der Waals surface area contributed by atoms with Crippen molar-refractivity contribution in [1.29, 1.82) is 0 Å². The fraction of sp³-hybridized carbons (Fsp3) is 0.923. The van der Waals surface area contributed by atoms with Crippen LogP contribution in [0, 0.1) is 5.41 Å². The van der Waals surface area contributed by atoms with Gasteiger partial charge in [-0.15, -0.1) is 0 Å². The van der Waals surface area contributed by atoms with E-state index in [2.05, 4.69) is 0 Å². The van der Waals surface area contributed by atoms with Crippen LogP contribution in [0.3, 0.4) is 0 Å². The van der Waals surface area contributed by atoms with E-state index in [1.165, 1.54) is 4.31 Å². The summed E-state index contributed by atoms with van der Waals surface area (Å²) in [6.07, 6.45) is 2.49. The van der Waals surface area contributed by atoms with Crippen LogP contribution >= 0.6 is 0 Å². The van der Waals surface area contributed by atoms with E-state index in [0.717, 1.165) is 6.42 Å². The number of nitrogens with zero attached hydrogens (tertiary/aromatic N) is 1. The van der Waals surface area contributed by atoms with E-state index in [1.54, 1.807) is 13.8 Å². The van der Waals surface area contributed by atoms with Crippen molar-refractivity contribution in [2.24, 2.45) is 5.41 Å². The van der Waals surface area contributed by atoms with E-state index < -0.39 is 32.7 Å². The third-order valence-corrected chi connectivity index (χ3v) is 6.85. The van der Waals surface area contributed by atoms with Crippen LogP contribution in [0.1, 0.15) is 53.4 Å². The molecule has 1 saturated heterocycles. The van der Waals surface area contributed by atoms with Gasteiger partial charge in [-0.25, -0.2) is 8.42 Å². The zero-order valence-corrected chi connectivity index (χ0v) is 13.0. The van der Waals surface area contributed by atoms with Crippen LogP contribution in [-0.4, -0.2) is 41.6 Å². The minimum Gasteiger partial charge on any atom is -0.481 e. The van der Waals surface area contributed by atoms with Gasteiger partial charge in [0.1, 0.15) is 0 Å². The summed E-state index contributed by atoms with van der Waals surface area (Å²) in [5, 5.41) is 8.91. The minimum absolute atomic E-state index is 0.405. The Kier molecular flexibility index (Phi) is 5.01. The van der Waals surface area contributed by atoms with Gasteiger partial charge < -0.3 is 5.11 Å². The number of hydrogen-bond acceptors (Lipinski definition) is 3. The first-order valence-corrected chi connectivity index (χ1v) is 8.43. The molecule has 1 atom stereocenters. The van der Waals surface area contributed by atoms with E-state index in [9.17, 15) is 18.3 Å². The SMILES string of the molecule is CCC(CC)S(=O)(=O)N1CCCC1C(C)(C)C(=O)O. The lowest BCUT2D eigenvalue weighted by Crippen LogP contribution is -2.50. The summed E-state index contributed by atoms with van der Waals surface area (Å²) in [6.45, 7) is 7.39. The van der Waals surface area contributed by atoms with Crippen LogP contribution in [-0.2, 0) is 14.8 Å². The Morgan fingerprint density at radius 2 is 1.89 bits per heavy atom. The average Bonchev–Trinajstić information content (AvgIpc) is 2.79. The maximum Gasteiger partial charge on any atom is 0.310 e. The Bertz CT molecular complexity index is 426. The van der Waals surface area contributed by atoms with E-state index in [4.69, 9.17) is 0 Å². The fourth-order valence-corrected chi connectivity index (χ4v) is 5.14. The maximum atomic E-state index is 12.6. The highest BCUT2D eigenvalue weighted by atomic mass is 32.2. The summed E-state index contributed by atoms with van der Waals surface area (Å²) in [6, 6.07) is -0.435. The molecule has 1 fully saturated rings. The molecule has 0 bridgehead atoms. The maximum absolute atomic E-state index is 12.6. The van der Waals surface area contributed by atoms with Crippen molar-refractivity contribution in [3.8, 4) is 0 Å². The predicted molar refractivity (Wildman–Crippen MR) is 74.4 cm³/mol. The number of aliphatic carboxylic acids is 1. The molecular weight excluding hydrogens is 266 g/mol. The molecule has 6 heteroatoms. The molecule has 0 amide bonds. The van der Waals surface area contributed by atoms with E-state index in [1.807, 2.05) is 13.8 Å². The van der Waals surface area contributed by atoms with Crippen LogP contribution in [0.2, 0.25) is 0 Å². The molecule has 5 nitrogen and oxygen atoms in total. The van der Waals surface area contributed by atoms with Crippen molar-refractivity contribution in [2.45, 2.75) is 64.7 Å². The van der Waals surface area contributed by atoms with Gasteiger partial charge in [0, 0.05) is 12.6 Å². The first-order valence-electron chi connectivity index (χ1n) is 6.93. The average molecular weight is 291 g/mol. The van der Waals surface area contributed by atoms with Crippen LogP contribution in [0.25, 0.3) is 0 Å². The van der Waals surface area contributed by atoms with Crippen LogP contribution in [0.15, 0.2) is 0 Å². The summed E-state index contributed by atoms with van der Waals surface area (Å²) in [4.78, 5) is 11.4. The van der Waals surface area contributed by atoms with Gasteiger partial charge >= 0.3 is 5.97 Å². The van der Waals surface area contributed by atoms with Crippen LogP contribution in [0.4, 0.5) is 0 Å². The van der Waals surface area contributed by atoms with Crippen molar-refractivity contribution in [2.75, 3.05) is 6.54 Å². The van der Waals surface area contributed by atoms with Crippen molar-refractivity contribution < 1.29 is 18.3 Å². The van der Waals surface area contributed by atoms with Crippen LogP contribution < -0.4 is 0 Å².